The van der Waals surface area contributed by atoms with Crippen molar-refractivity contribution in [3.05, 3.63) is 24.3 Å². The molecule has 0 amide bonds. The summed E-state index contributed by atoms with van der Waals surface area (Å²) < 4.78 is 0. The van der Waals surface area contributed by atoms with E-state index in [1.54, 1.807) is 18.5 Å². The van der Waals surface area contributed by atoms with Gasteiger partial charge in [0.1, 0.15) is 11.7 Å². The van der Waals surface area contributed by atoms with E-state index in [1.807, 2.05) is 0 Å². The molecule has 1 heterocycles. The van der Waals surface area contributed by atoms with Crippen molar-refractivity contribution < 1.29 is 0 Å². The maximum absolute atomic E-state index is 6.85. The summed E-state index contributed by atoms with van der Waals surface area (Å²) in [5, 5.41) is 6.85. The maximum Gasteiger partial charge on any atom is 0.130 e. The van der Waals surface area contributed by atoms with Gasteiger partial charge in [-0.15, -0.1) is 0 Å². The molecule has 1 aromatic heterocycles. The van der Waals surface area contributed by atoms with Gasteiger partial charge in [0.2, 0.25) is 0 Å². The molecule has 1 aromatic rings. The molecule has 52 valence electrons. The predicted molar refractivity (Wildman–Crippen MR) is 39.5 cm³/mol. The molecule has 0 saturated carbocycles. The number of rotatable bonds is 2. The highest BCUT2D eigenvalue weighted by molar-refractivity contribution is 5.92. The molecule has 0 spiro atoms. The number of hydrogen-bond acceptors (Lipinski definition) is 2. The summed E-state index contributed by atoms with van der Waals surface area (Å²) in [7, 11) is 0. The molecule has 0 aliphatic carbocycles. The zero-order valence-electron chi connectivity index (χ0n) is 5.33. The Morgan fingerprint density at radius 3 is 3.10 bits per heavy atom. The first-order valence-corrected chi connectivity index (χ1v) is 2.80. The van der Waals surface area contributed by atoms with Crippen molar-refractivity contribution >= 4 is 11.9 Å². The Kier molecular flexibility index (Phi) is 1.84. The van der Waals surface area contributed by atoms with E-state index in [1.165, 1.54) is 6.08 Å². The number of nitrogens with one attached hydrogen (secondary N) is 2. The second-order valence-corrected chi connectivity index (χ2v) is 1.76. The highest BCUT2D eigenvalue weighted by Gasteiger charge is 1.84. The molecule has 0 aliphatic rings. The number of hydrogen-bond donors (Lipinski definition) is 3. The number of aromatic amines is 1. The molecule has 0 atom stereocenters. The van der Waals surface area contributed by atoms with Crippen LogP contribution in [0.4, 0.5) is 0 Å². The van der Waals surface area contributed by atoms with Gasteiger partial charge in [0.25, 0.3) is 0 Å². The quantitative estimate of drug-likeness (QED) is 0.405. The van der Waals surface area contributed by atoms with Crippen molar-refractivity contribution in [3.8, 4) is 0 Å². The van der Waals surface area contributed by atoms with Crippen LogP contribution in [-0.2, 0) is 0 Å². The minimum absolute atomic E-state index is 0.0244. The van der Waals surface area contributed by atoms with Gasteiger partial charge in [0.15, 0.2) is 0 Å². The summed E-state index contributed by atoms with van der Waals surface area (Å²) >= 11 is 0. The van der Waals surface area contributed by atoms with Crippen LogP contribution < -0.4 is 5.73 Å². The van der Waals surface area contributed by atoms with E-state index < -0.39 is 0 Å². The maximum atomic E-state index is 6.85. The van der Waals surface area contributed by atoms with Crippen LogP contribution in [0, 0.1) is 5.41 Å². The van der Waals surface area contributed by atoms with Crippen molar-refractivity contribution in [1.29, 1.82) is 5.41 Å². The first-order valence-electron chi connectivity index (χ1n) is 2.80. The first-order chi connectivity index (χ1) is 4.79. The van der Waals surface area contributed by atoms with Crippen molar-refractivity contribution in [1.82, 2.24) is 9.97 Å². The van der Waals surface area contributed by atoms with Gasteiger partial charge in [-0.1, -0.05) is 0 Å². The molecule has 4 heteroatoms. The summed E-state index contributed by atoms with van der Waals surface area (Å²) in [6.45, 7) is 0. The summed E-state index contributed by atoms with van der Waals surface area (Å²) in [6, 6.07) is 0. The second kappa shape index (κ2) is 2.82. The molecule has 4 N–H and O–H groups in total. The molecule has 0 radical (unpaired) electrons. The first kappa shape index (κ1) is 6.54. The Morgan fingerprint density at radius 2 is 2.60 bits per heavy atom. The van der Waals surface area contributed by atoms with E-state index in [0.717, 1.165) is 0 Å². The van der Waals surface area contributed by atoms with Crippen molar-refractivity contribution in [3.63, 3.8) is 0 Å². The van der Waals surface area contributed by atoms with Gasteiger partial charge in [-0.25, -0.2) is 4.98 Å². The third-order valence-corrected chi connectivity index (χ3v) is 0.940. The number of H-pyrrole nitrogens is 1. The normalized spacial score (nSPS) is 10.4. The largest absolute Gasteiger partial charge is 0.384 e. The molecular formula is C6H8N4. The summed E-state index contributed by atoms with van der Waals surface area (Å²) in [4.78, 5) is 6.74. The van der Waals surface area contributed by atoms with Gasteiger partial charge >= 0.3 is 0 Å². The molecule has 0 aromatic carbocycles. The van der Waals surface area contributed by atoms with Crippen molar-refractivity contribution in [2.24, 2.45) is 5.73 Å². The van der Waals surface area contributed by atoms with E-state index in [0.29, 0.717) is 5.82 Å². The zero-order valence-corrected chi connectivity index (χ0v) is 5.33. The average Bonchev–Trinajstić information content (AvgIpc) is 2.34. The van der Waals surface area contributed by atoms with Crippen LogP contribution in [0.5, 0.6) is 0 Å². The highest BCUT2D eigenvalue weighted by atomic mass is 14.9. The monoisotopic (exact) mass is 136 g/mol. The Morgan fingerprint density at radius 1 is 1.80 bits per heavy atom. The fourth-order valence-corrected chi connectivity index (χ4v) is 0.537. The predicted octanol–water partition coefficient (Wildman–Crippen LogP) is 0.359. The summed E-state index contributed by atoms with van der Waals surface area (Å²) in [6.07, 6.45) is 6.46. The van der Waals surface area contributed by atoms with E-state index in [-0.39, 0.29) is 5.84 Å². The zero-order chi connectivity index (χ0) is 7.40. The van der Waals surface area contributed by atoms with Gasteiger partial charge in [0.05, 0.1) is 0 Å². The van der Waals surface area contributed by atoms with Crippen LogP contribution in [-0.4, -0.2) is 15.8 Å². The van der Waals surface area contributed by atoms with Crippen LogP contribution in [0.1, 0.15) is 5.82 Å². The number of nitrogens with zero attached hydrogens (tertiary/aromatic N) is 1. The third-order valence-electron chi connectivity index (χ3n) is 0.940. The lowest BCUT2D eigenvalue weighted by molar-refractivity contribution is 1.26. The Balaban J connectivity index is 2.64. The molecular weight excluding hydrogens is 128 g/mol. The van der Waals surface area contributed by atoms with Crippen LogP contribution in [0.3, 0.4) is 0 Å². The molecule has 0 aliphatic heterocycles. The fourth-order valence-electron chi connectivity index (χ4n) is 0.537. The molecule has 0 fully saturated rings. The van der Waals surface area contributed by atoms with Crippen LogP contribution in [0.15, 0.2) is 18.5 Å². The minimum atomic E-state index is 0.0244. The number of nitrogens with two attached hydrogens (primary N) is 1. The van der Waals surface area contributed by atoms with E-state index in [4.69, 9.17) is 11.1 Å². The molecule has 4 nitrogen and oxygen atoms in total. The van der Waals surface area contributed by atoms with Gasteiger partial charge in [0, 0.05) is 12.4 Å². The Bertz CT molecular complexity index is 234. The standard InChI is InChI=1S/C6H8N4/c7-5(8)1-2-6-9-3-4-10-6/h1-4H,(H3,7,8)(H,9,10)/b2-1-. The van der Waals surface area contributed by atoms with Gasteiger partial charge in [-0.05, 0) is 12.2 Å². The molecule has 0 unspecified atom stereocenters. The summed E-state index contributed by atoms with van der Waals surface area (Å²) in [5.41, 5.74) is 5.06. The van der Waals surface area contributed by atoms with Crippen LogP contribution in [0.25, 0.3) is 6.08 Å². The lowest BCUT2D eigenvalue weighted by atomic mass is 10.4. The van der Waals surface area contributed by atoms with Crippen LogP contribution >= 0.6 is 0 Å². The average molecular weight is 136 g/mol. The van der Waals surface area contributed by atoms with E-state index in [9.17, 15) is 0 Å². The van der Waals surface area contributed by atoms with Crippen LogP contribution in [0.2, 0.25) is 0 Å². The second-order valence-electron chi connectivity index (χ2n) is 1.76. The topological polar surface area (TPSA) is 78.6 Å². The lowest BCUT2D eigenvalue weighted by Crippen LogP contribution is -2.03. The fraction of sp³-hybridized carbons (Fsp3) is 0. The van der Waals surface area contributed by atoms with E-state index >= 15 is 0 Å². The summed E-state index contributed by atoms with van der Waals surface area (Å²) in [5.74, 6) is 0.728. The van der Waals surface area contributed by atoms with E-state index in [2.05, 4.69) is 9.97 Å². The van der Waals surface area contributed by atoms with Gasteiger partial charge in [-0.2, -0.15) is 0 Å². The highest BCUT2D eigenvalue weighted by Crippen LogP contribution is 1.90. The van der Waals surface area contributed by atoms with Gasteiger partial charge < -0.3 is 10.7 Å². The molecule has 10 heavy (non-hydrogen) atoms. The Labute approximate surface area is 58.3 Å². The SMILES string of the molecule is N=C(N)/C=C\c1ncc[nH]1. The number of aromatic nitrogens is 2. The van der Waals surface area contributed by atoms with Crippen molar-refractivity contribution in [2.45, 2.75) is 0 Å². The third kappa shape index (κ3) is 1.74. The van der Waals surface area contributed by atoms with Crippen molar-refractivity contribution in [2.75, 3.05) is 0 Å². The molecule has 0 bridgehead atoms. The number of imidazole rings is 1. The van der Waals surface area contributed by atoms with Gasteiger partial charge in [-0.3, -0.25) is 5.41 Å². The molecule has 1 rings (SSSR count). The number of amidine groups is 1. The molecule has 0 saturated heterocycles. The Hall–Kier alpha value is -1.58. The lowest BCUT2D eigenvalue weighted by Gasteiger charge is -1.82. The smallest absolute Gasteiger partial charge is 0.130 e. The minimum Gasteiger partial charge on any atom is -0.384 e.